The number of fused-ring (bicyclic) bond motifs is 7. The maximum Gasteiger partial charge on any atom is 0.331 e. The Hall–Kier alpha value is -2.31. The normalized spacial score (nSPS) is 45.2. The fourth-order valence-electron chi connectivity index (χ4n) is 12.9. The van der Waals surface area contributed by atoms with E-state index in [1.807, 2.05) is 0 Å². The van der Waals surface area contributed by atoms with Gasteiger partial charge in [0.2, 0.25) is 0 Å². The average molecular weight is 621 g/mol. The quantitative estimate of drug-likeness (QED) is 0.117. The van der Waals surface area contributed by atoms with Gasteiger partial charge in [0.05, 0.1) is 6.10 Å². The summed E-state index contributed by atoms with van der Waals surface area (Å²) in [6, 6.07) is 4.38. The van der Waals surface area contributed by atoms with Gasteiger partial charge in [-0.05, 0) is 140 Å². The van der Waals surface area contributed by atoms with E-state index in [4.69, 9.17) is 4.74 Å². The number of rotatable bonds is 5. The highest BCUT2D eigenvalue weighted by molar-refractivity contribution is 5.87. The van der Waals surface area contributed by atoms with Crippen LogP contribution in [-0.2, 0) is 9.53 Å². The first-order chi connectivity index (χ1) is 21.0. The minimum atomic E-state index is -0.764. The number of phenols is 2. The summed E-state index contributed by atoms with van der Waals surface area (Å²) in [4.78, 5) is 13.0. The molecule has 6 heteroatoms. The highest BCUT2D eigenvalue weighted by atomic mass is 16.6. The van der Waals surface area contributed by atoms with Gasteiger partial charge in [0.15, 0.2) is 11.5 Å². The molecular weight excluding hydrogens is 564 g/mol. The summed E-state index contributed by atoms with van der Waals surface area (Å²) in [5.74, 6) is 1.34. The minimum absolute atomic E-state index is 0.0370. The molecule has 0 radical (unpaired) electrons. The van der Waals surface area contributed by atoms with Crippen LogP contribution in [0.1, 0.15) is 105 Å². The van der Waals surface area contributed by atoms with Gasteiger partial charge in [0.25, 0.3) is 0 Å². The fourth-order valence-corrected chi connectivity index (χ4v) is 12.9. The lowest BCUT2D eigenvalue weighted by Gasteiger charge is -2.73. The Morgan fingerprint density at radius 3 is 2.36 bits per heavy atom. The number of hydrogen-bond donors (Lipinski definition) is 4. The van der Waals surface area contributed by atoms with Crippen LogP contribution in [0.15, 0.2) is 36.4 Å². The number of aliphatic hydroxyl groups excluding tert-OH is 2. The van der Waals surface area contributed by atoms with E-state index in [2.05, 4.69) is 48.1 Å². The van der Waals surface area contributed by atoms with Gasteiger partial charge in [0, 0.05) is 18.1 Å². The molecule has 0 spiro atoms. The molecule has 45 heavy (non-hydrogen) atoms. The number of hydrogen-bond acceptors (Lipinski definition) is 6. The topological polar surface area (TPSA) is 107 Å². The molecule has 11 atom stereocenters. The molecule has 5 saturated carbocycles. The van der Waals surface area contributed by atoms with Crippen molar-refractivity contribution in [3.05, 3.63) is 42.0 Å². The van der Waals surface area contributed by atoms with Crippen molar-refractivity contribution in [1.82, 2.24) is 0 Å². The molecule has 0 bridgehead atoms. The Morgan fingerprint density at radius 1 is 0.956 bits per heavy atom. The van der Waals surface area contributed by atoms with Gasteiger partial charge in [0.1, 0.15) is 6.10 Å². The molecular formula is C39H56O6. The lowest BCUT2D eigenvalue weighted by Crippen LogP contribution is -2.68. The Kier molecular flexibility index (Phi) is 7.88. The van der Waals surface area contributed by atoms with E-state index in [-0.39, 0.29) is 33.2 Å². The van der Waals surface area contributed by atoms with Crippen LogP contribution in [0.2, 0.25) is 0 Å². The van der Waals surface area contributed by atoms with Crippen LogP contribution in [0.4, 0.5) is 0 Å². The number of allylic oxidation sites excluding steroid dienone is 1. The molecule has 0 heterocycles. The van der Waals surface area contributed by atoms with Crippen LogP contribution in [0.5, 0.6) is 11.5 Å². The first-order valence-electron chi connectivity index (χ1n) is 17.4. The molecule has 1 aromatic rings. The number of carbonyl (C=O) groups excluding carboxylic acids is 1. The summed E-state index contributed by atoms with van der Waals surface area (Å²) in [5, 5.41) is 41.9. The summed E-state index contributed by atoms with van der Waals surface area (Å²) >= 11 is 0. The van der Waals surface area contributed by atoms with Gasteiger partial charge in [-0.25, -0.2) is 4.79 Å². The SMILES string of the molecule is C=C(C)[C@@H]1CC[C@]2(CO)CC[C@]3(C)[C@H](CC[C@@H]4[C@@]5(C)C[C@@H](O)[C@H](OC(=O)/C=C\c6ccc(O)c(O)c6)C(C)(C)[C@@H]5CC[C@]43C)[C@@H]12. The van der Waals surface area contributed by atoms with Crippen molar-refractivity contribution in [2.75, 3.05) is 6.61 Å². The number of aromatic hydroxyl groups is 2. The second-order valence-electron chi connectivity index (χ2n) is 17.2. The van der Waals surface area contributed by atoms with Gasteiger partial charge in [-0.15, -0.1) is 0 Å². The minimum Gasteiger partial charge on any atom is -0.504 e. The summed E-state index contributed by atoms with van der Waals surface area (Å²) in [7, 11) is 0. The smallest absolute Gasteiger partial charge is 0.331 e. The molecule has 0 saturated heterocycles. The third-order valence-electron chi connectivity index (χ3n) is 15.1. The number of carbonyl (C=O) groups is 1. The summed E-state index contributed by atoms with van der Waals surface area (Å²) in [5.41, 5.74) is 1.69. The summed E-state index contributed by atoms with van der Waals surface area (Å²) < 4.78 is 6.04. The third kappa shape index (κ3) is 4.66. The lowest BCUT2D eigenvalue weighted by atomic mass is 9.32. The van der Waals surface area contributed by atoms with Gasteiger partial charge in [-0.1, -0.05) is 52.8 Å². The van der Waals surface area contributed by atoms with Gasteiger partial charge < -0.3 is 25.2 Å². The Balaban J connectivity index is 1.25. The van der Waals surface area contributed by atoms with E-state index in [0.717, 1.165) is 44.9 Å². The molecule has 5 fully saturated rings. The second-order valence-corrected chi connectivity index (χ2v) is 17.2. The highest BCUT2D eigenvalue weighted by Crippen LogP contribution is 2.77. The molecule has 1 aromatic carbocycles. The maximum absolute atomic E-state index is 13.0. The average Bonchev–Trinajstić information content (AvgIpc) is 3.36. The highest BCUT2D eigenvalue weighted by Gasteiger charge is 2.71. The lowest BCUT2D eigenvalue weighted by molar-refractivity contribution is -0.266. The largest absolute Gasteiger partial charge is 0.504 e. The van der Waals surface area contributed by atoms with E-state index in [1.165, 1.54) is 30.2 Å². The Bertz CT molecular complexity index is 1380. The van der Waals surface area contributed by atoms with Crippen molar-refractivity contribution < 1.29 is 30.0 Å². The van der Waals surface area contributed by atoms with Crippen LogP contribution in [0.3, 0.4) is 0 Å². The van der Waals surface area contributed by atoms with Crippen LogP contribution < -0.4 is 0 Å². The fraction of sp³-hybridized carbons (Fsp3) is 0.718. The molecule has 0 aliphatic heterocycles. The van der Waals surface area contributed by atoms with Crippen molar-refractivity contribution in [2.45, 2.75) is 112 Å². The van der Waals surface area contributed by atoms with Crippen molar-refractivity contribution >= 4 is 12.0 Å². The van der Waals surface area contributed by atoms with Crippen molar-refractivity contribution in [2.24, 2.45) is 56.7 Å². The molecule has 248 valence electrons. The van der Waals surface area contributed by atoms with Gasteiger partial charge in [-0.3, -0.25) is 0 Å². The van der Waals surface area contributed by atoms with Crippen molar-refractivity contribution in [3.63, 3.8) is 0 Å². The zero-order valence-corrected chi connectivity index (χ0v) is 28.3. The first-order valence-corrected chi connectivity index (χ1v) is 17.4. The number of ether oxygens (including phenoxy) is 1. The first kappa shape index (κ1) is 32.6. The molecule has 0 aromatic heterocycles. The summed E-state index contributed by atoms with van der Waals surface area (Å²) in [6.07, 6.45) is 11.1. The predicted molar refractivity (Wildman–Crippen MR) is 176 cm³/mol. The van der Waals surface area contributed by atoms with E-state index in [0.29, 0.717) is 48.2 Å². The number of aliphatic hydroxyl groups is 2. The van der Waals surface area contributed by atoms with Crippen LogP contribution in [-0.4, -0.2) is 45.2 Å². The van der Waals surface area contributed by atoms with E-state index >= 15 is 0 Å². The zero-order valence-electron chi connectivity index (χ0n) is 28.3. The molecule has 5 aliphatic carbocycles. The Morgan fingerprint density at radius 2 is 1.69 bits per heavy atom. The van der Waals surface area contributed by atoms with Gasteiger partial charge >= 0.3 is 5.97 Å². The Labute approximate surface area is 270 Å². The van der Waals surface area contributed by atoms with E-state index < -0.39 is 23.6 Å². The van der Waals surface area contributed by atoms with E-state index in [1.54, 1.807) is 12.1 Å². The molecule has 4 N–H and O–H groups in total. The van der Waals surface area contributed by atoms with E-state index in [9.17, 15) is 25.2 Å². The summed E-state index contributed by atoms with van der Waals surface area (Å²) in [6.45, 7) is 18.9. The molecule has 5 aliphatic rings. The second kappa shape index (κ2) is 10.9. The van der Waals surface area contributed by atoms with Crippen LogP contribution in [0, 0.1) is 56.7 Å². The standard InChI is InChI=1S/C39H56O6/c1-23(2)25-14-17-39(22-40)19-18-37(6)26(33(25)39)10-12-31-36(5)21-29(43)34(35(3,4)30(36)15-16-38(31,37)7)45-32(44)13-9-24-8-11-27(41)28(42)20-24/h8-9,11,13,20,25-26,29-31,33-34,40-43H,1,10,12,14-19,21-22H2,2-7H3/b13-9-/t25-,26+,29+,30-,31+,33+,34-,36-,37+,38+,39+/m0/s1. The van der Waals surface area contributed by atoms with Crippen molar-refractivity contribution in [3.8, 4) is 11.5 Å². The predicted octanol–water partition coefficient (Wildman–Crippen LogP) is 7.64. The number of phenolic OH excluding ortho intramolecular Hbond substituents is 2. The zero-order chi connectivity index (χ0) is 32.7. The number of benzene rings is 1. The monoisotopic (exact) mass is 620 g/mol. The van der Waals surface area contributed by atoms with Crippen molar-refractivity contribution in [1.29, 1.82) is 0 Å². The third-order valence-corrected chi connectivity index (χ3v) is 15.1. The molecule has 6 nitrogen and oxygen atoms in total. The maximum atomic E-state index is 13.0. The molecule has 6 rings (SSSR count). The van der Waals surface area contributed by atoms with Gasteiger partial charge in [-0.2, -0.15) is 0 Å². The number of esters is 1. The molecule has 0 amide bonds. The van der Waals surface area contributed by atoms with Crippen LogP contribution in [0.25, 0.3) is 6.08 Å². The van der Waals surface area contributed by atoms with Crippen LogP contribution >= 0.6 is 0 Å². The molecule has 0 unspecified atom stereocenters.